The molecule has 0 radical (unpaired) electrons. The van der Waals surface area contributed by atoms with Crippen LogP contribution in [0.4, 0.5) is 0 Å². The molecule has 1 saturated carbocycles. The predicted octanol–water partition coefficient (Wildman–Crippen LogP) is 4.07. The largest absolute Gasteiger partial charge is 0.508 e. The van der Waals surface area contributed by atoms with Gasteiger partial charge in [0.2, 0.25) is 0 Å². The molecule has 2 atom stereocenters. The van der Waals surface area contributed by atoms with Crippen molar-refractivity contribution in [1.29, 1.82) is 0 Å². The predicted molar refractivity (Wildman–Crippen MR) is 77.6 cm³/mol. The molecular weight excluding hydrogens is 276 g/mol. The van der Waals surface area contributed by atoms with Crippen LogP contribution in [0.3, 0.4) is 0 Å². The Kier molecular flexibility index (Phi) is 3.88. The highest BCUT2D eigenvalue weighted by atomic mass is 35.5. The number of esters is 1. The lowest BCUT2D eigenvalue weighted by Gasteiger charge is -2.19. The van der Waals surface area contributed by atoms with E-state index in [9.17, 15) is 9.90 Å². The lowest BCUT2D eigenvalue weighted by molar-refractivity contribution is -0.134. The molecule has 0 saturated heterocycles. The van der Waals surface area contributed by atoms with Crippen LogP contribution in [0.2, 0.25) is 0 Å². The van der Waals surface area contributed by atoms with E-state index in [0.717, 1.165) is 43.2 Å². The van der Waals surface area contributed by atoms with Crippen molar-refractivity contribution in [2.75, 3.05) is 5.88 Å². The van der Waals surface area contributed by atoms with Gasteiger partial charge >= 0.3 is 5.97 Å². The first-order chi connectivity index (χ1) is 9.70. The summed E-state index contributed by atoms with van der Waals surface area (Å²) in [5.41, 5.74) is 2.10. The van der Waals surface area contributed by atoms with Gasteiger partial charge in [-0.2, -0.15) is 0 Å². The number of hydrogen-bond donors (Lipinski definition) is 1. The normalized spacial score (nSPS) is 22.9. The van der Waals surface area contributed by atoms with Crippen LogP contribution in [0.25, 0.3) is 0 Å². The standard InChI is InChI=1S/C16H19ClO3/c17-8-2-1-3-14(19)20-13-7-6-12(18)15-10-4-5-11(9-10)16(13)15/h6-7,10-11,18H,1-5,8-9H2/t10-,11+/m0/s1. The van der Waals surface area contributed by atoms with Gasteiger partial charge in [-0.3, -0.25) is 4.79 Å². The van der Waals surface area contributed by atoms with E-state index >= 15 is 0 Å². The summed E-state index contributed by atoms with van der Waals surface area (Å²) in [7, 11) is 0. The number of aromatic hydroxyl groups is 1. The van der Waals surface area contributed by atoms with Gasteiger partial charge in [0.1, 0.15) is 11.5 Å². The number of rotatable bonds is 5. The van der Waals surface area contributed by atoms with E-state index in [0.29, 0.717) is 35.6 Å². The molecule has 0 aromatic heterocycles. The molecular formula is C16H19ClO3. The fraction of sp³-hybridized carbons (Fsp3) is 0.562. The highest BCUT2D eigenvalue weighted by Crippen LogP contribution is 2.58. The van der Waals surface area contributed by atoms with Crippen LogP contribution in [0, 0.1) is 0 Å². The lowest BCUT2D eigenvalue weighted by Crippen LogP contribution is -2.11. The Morgan fingerprint density at radius 1 is 1.25 bits per heavy atom. The molecule has 0 spiro atoms. The molecule has 3 nitrogen and oxygen atoms in total. The number of benzene rings is 1. The van der Waals surface area contributed by atoms with E-state index in [2.05, 4.69) is 0 Å². The van der Waals surface area contributed by atoms with Crippen molar-refractivity contribution < 1.29 is 14.6 Å². The third kappa shape index (κ3) is 2.39. The maximum Gasteiger partial charge on any atom is 0.311 e. The lowest BCUT2D eigenvalue weighted by atomic mass is 9.90. The summed E-state index contributed by atoms with van der Waals surface area (Å²) in [6, 6.07) is 3.38. The van der Waals surface area contributed by atoms with Gasteiger partial charge in [-0.25, -0.2) is 0 Å². The minimum Gasteiger partial charge on any atom is -0.508 e. The zero-order valence-corrected chi connectivity index (χ0v) is 12.2. The van der Waals surface area contributed by atoms with Crippen LogP contribution in [0.5, 0.6) is 11.5 Å². The summed E-state index contributed by atoms with van der Waals surface area (Å²) in [5.74, 6) is 2.28. The van der Waals surface area contributed by atoms with E-state index in [1.807, 2.05) is 0 Å². The summed E-state index contributed by atoms with van der Waals surface area (Å²) in [4.78, 5) is 11.9. The number of phenols is 1. The van der Waals surface area contributed by atoms with Crippen molar-refractivity contribution in [3.05, 3.63) is 23.3 Å². The average molecular weight is 295 g/mol. The molecule has 3 rings (SSSR count). The number of alkyl halides is 1. The van der Waals surface area contributed by atoms with Crippen LogP contribution in [-0.2, 0) is 4.79 Å². The van der Waals surface area contributed by atoms with Crippen molar-refractivity contribution in [2.45, 2.75) is 50.4 Å². The average Bonchev–Trinajstić information content (AvgIpc) is 3.04. The molecule has 1 fully saturated rings. The van der Waals surface area contributed by atoms with Gasteiger partial charge in [-0.15, -0.1) is 11.6 Å². The SMILES string of the molecule is O=C(CCCCCl)Oc1ccc(O)c2c1[C@@H]1CC[C@H]2C1. The third-order valence-corrected chi connectivity index (χ3v) is 4.73. The maximum atomic E-state index is 11.9. The highest BCUT2D eigenvalue weighted by Gasteiger charge is 2.41. The zero-order chi connectivity index (χ0) is 14.1. The van der Waals surface area contributed by atoms with Gasteiger partial charge in [0.25, 0.3) is 0 Å². The fourth-order valence-electron chi connectivity index (χ4n) is 3.59. The van der Waals surface area contributed by atoms with Gasteiger partial charge in [-0.1, -0.05) is 0 Å². The number of hydrogen-bond acceptors (Lipinski definition) is 3. The number of fused-ring (bicyclic) bond motifs is 5. The number of carbonyl (C=O) groups is 1. The molecule has 2 aliphatic carbocycles. The monoisotopic (exact) mass is 294 g/mol. The topological polar surface area (TPSA) is 46.5 Å². The van der Waals surface area contributed by atoms with Gasteiger partial charge in [0.15, 0.2) is 0 Å². The second-order valence-corrected chi connectivity index (χ2v) is 6.12. The Morgan fingerprint density at radius 2 is 2.00 bits per heavy atom. The number of unbranched alkanes of at least 4 members (excludes halogenated alkanes) is 1. The third-order valence-electron chi connectivity index (χ3n) is 4.46. The molecule has 0 unspecified atom stereocenters. The number of ether oxygens (including phenoxy) is 1. The van der Waals surface area contributed by atoms with Gasteiger partial charge < -0.3 is 9.84 Å². The molecule has 1 aromatic carbocycles. The summed E-state index contributed by atoms with van der Waals surface area (Å²) in [5, 5.41) is 10.0. The number of halogens is 1. The minimum absolute atomic E-state index is 0.203. The van der Waals surface area contributed by atoms with Gasteiger partial charge in [-0.05, 0) is 56.1 Å². The van der Waals surface area contributed by atoms with Crippen molar-refractivity contribution in [3.63, 3.8) is 0 Å². The summed E-state index contributed by atoms with van der Waals surface area (Å²) in [6.07, 6.45) is 5.35. The molecule has 108 valence electrons. The fourth-order valence-corrected chi connectivity index (χ4v) is 3.78. The van der Waals surface area contributed by atoms with Crippen LogP contribution in [-0.4, -0.2) is 17.0 Å². The quantitative estimate of drug-likeness (QED) is 0.385. The first kappa shape index (κ1) is 13.7. The molecule has 20 heavy (non-hydrogen) atoms. The Labute approximate surface area is 123 Å². The Hall–Kier alpha value is -1.22. The van der Waals surface area contributed by atoms with E-state index in [4.69, 9.17) is 16.3 Å². The highest BCUT2D eigenvalue weighted by molar-refractivity contribution is 6.17. The second kappa shape index (κ2) is 5.65. The van der Waals surface area contributed by atoms with E-state index in [1.165, 1.54) is 0 Å². The molecule has 2 aliphatic rings. The van der Waals surface area contributed by atoms with Crippen LogP contribution in [0.1, 0.15) is 61.5 Å². The summed E-state index contributed by atoms with van der Waals surface area (Å²) in [6.45, 7) is 0. The van der Waals surface area contributed by atoms with E-state index < -0.39 is 0 Å². The molecule has 1 N–H and O–H groups in total. The van der Waals surface area contributed by atoms with Crippen LogP contribution < -0.4 is 4.74 Å². The van der Waals surface area contributed by atoms with Crippen molar-refractivity contribution in [1.82, 2.24) is 0 Å². The molecule has 1 aromatic rings. The van der Waals surface area contributed by atoms with E-state index in [-0.39, 0.29) is 5.97 Å². The second-order valence-electron chi connectivity index (χ2n) is 5.74. The van der Waals surface area contributed by atoms with Crippen molar-refractivity contribution in [3.8, 4) is 11.5 Å². The first-order valence-electron chi connectivity index (χ1n) is 7.33. The Bertz CT molecular complexity index is 527. The zero-order valence-electron chi connectivity index (χ0n) is 11.4. The van der Waals surface area contributed by atoms with Gasteiger partial charge in [0.05, 0.1) is 0 Å². The van der Waals surface area contributed by atoms with Crippen molar-refractivity contribution >= 4 is 17.6 Å². The molecule has 0 amide bonds. The van der Waals surface area contributed by atoms with Gasteiger partial charge in [0, 0.05) is 23.4 Å². The van der Waals surface area contributed by atoms with Crippen LogP contribution in [0.15, 0.2) is 12.1 Å². The first-order valence-corrected chi connectivity index (χ1v) is 7.86. The van der Waals surface area contributed by atoms with E-state index in [1.54, 1.807) is 12.1 Å². The summed E-state index contributed by atoms with van der Waals surface area (Å²) < 4.78 is 5.52. The maximum absolute atomic E-state index is 11.9. The van der Waals surface area contributed by atoms with Crippen molar-refractivity contribution in [2.24, 2.45) is 0 Å². The molecule has 2 bridgehead atoms. The minimum atomic E-state index is -0.203. The van der Waals surface area contributed by atoms with Crippen LogP contribution >= 0.6 is 11.6 Å². The molecule has 0 heterocycles. The smallest absolute Gasteiger partial charge is 0.311 e. The number of carbonyl (C=O) groups excluding carboxylic acids is 1. The Morgan fingerprint density at radius 3 is 2.75 bits per heavy atom. The molecule has 4 heteroatoms. The number of phenolic OH excluding ortho intramolecular Hbond substituents is 1. The Balaban J connectivity index is 1.77. The molecule has 0 aliphatic heterocycles. The summed E-state index contributed by atoms with van der Waals surface area (Å²) >= 11 is 5.60.